The molecule has 0 saturated heterocycles. The Bertz CT molecular complexity index is 843. The predicted octanol–water partition coefficient (Wildman–Crippen LogP) is 4.72. The SMILES string of the molecule is C=CC(=O)OCc1ccc(C(C)(C)c2ccc(OC(=O)C(=C)C)cc2)cc1. The second kappa shape index (κ2) is 8.49. The average Bonchev–Trinajstić information content (AvgIpc) is 2.66. The van der Waals surface area contributed by atoms with Gasteiger partial charge in [0.2, 0.25) is 0 Å². The van der Waals surface area contributed by atoms with E-state index < -0.39 is 11.9 Å². The summed E-state index contributed by atoms with van der Waals surface area (Å²) in [6.45, 7) is 13.0. The minimum atomic E-state index is -0.438. The summed E-state index contributed by atoms with van der Waals surface area (Å²) in [5.41, 5.74) is 3.23. The van der Waals surface area contributed by atoms with Crippen LogP contribution in [0.25, 0.3) is 0 Å². The van der Waals surface area contributed by atoms with Crippen LogP contribution in [0.15, 0.2) is 73.3 Å². The molecule has 0 spiro atoms. The minimum Gasteiger partial charge on any atom is -0.458 e. The van der Waals surface area contributed by atoms with E-state index >= 15 is 0 Å². The third-order valence-corrected chi connectivity index (χ3v) is 4.36. The molecule has 0 fully saturated rings. The molecule has 2 aromatic rings. The molecule has 2 rings (SSSR count). The Hall–Kier alpha value is -3.14. The van der Waals surface area contributed by atoms with Crippen molar-refractivity contribution in [2.75, 3.05) is 0 Å². The normalized spacial score (nSPS) is 10.8. The van der Waals surface area contributed by atoms with Gasteiger partial charge in [-0.3, -0.25) is 0 Å². The highest BCUT2D eigenvalue weighted by Gasteiger charge is 2.23. The molecule has 0 saturated carbocycles. The van der Waals surface area contributed by atoms with Crippen LogP contribution in [0.1, 0.15) is 37.5 Å². The highest BCUT2D eigenvalue weighted by atomic mass is 16.5. The number of rotatable bonds is 7. The van der Waals surface area contributed by atoms with Crippen LogP contribution < -0.4 is 4.74 Å². The number of carbonyl (C=O) groups excluding carboxylic acids is 2. The van der Waals surface area contributed by atoms with E-state index in [-0.39, 0.29) is 12.0 Å². The van der Waals surface area contributed by atoms with Crippen molar-refractivity contribution in [1.82, 2.24) is 0 Å². The summed E-state index contributed by atoms with van der Waals surface area (Å²) in [5, 5.41) is 0. The van der Waals surface area contributed by atoms with Gasteiger partial charge in [-0.2, -0.15) is 0 Å². The standard InChI is InChI=1S/C23H24O4/c1-6-21(24)26-15-17-7-9-18(10-8-17)23(4,5)19-11-13-20(14-12-19)27-22(25)16(2)3/h6-14H,1-2,15H2,3-5H3. The number of hydrogen-bond donors (Lipinski definition) is 0. The first kappa shape index (κ1) is 20.2. The van der Waals surface area contributed by atoms with E-state index in [0.29, 0.717) is 11.3 Å². The lowest BCUT2D eigenvalue weighted by Crippen LogP contribution is -2.19. The fourth-order valence-electron chi connectivity index (χ4n) is 2.53. The molecule has 0 aliphatic heterocycles. The molecule has 0 aromatic heterocycles. The quantitative estimate of drug-likeness (QED) is 0.405. The zero-order valence-electron chi connectivity index (χ0n) is 16.0. The summed E-state index contributed by atoms with van der Waals surface area (Å²) in [6, 6.07) is 15.4. The minimum absolute atomic E-state index is 0.217. The molecule has 4 heteroatoms. The number of benzene rings is 2. The Kier molecular flexibility index (Phi) is 6.35. The van der Waals surface area contributed by atoms with Crippen LogP contribution in [0.5, 0.6) is 5.75 Å². The molecule has 0 heterocycles. The van der Waals surface area contributed by atoms with E-state index in [1.807, 2.05) is 36.4 Å². The largest absolute Gasteiger partial charge is 0.458 e. The average molecular weight is 364 g/mol. The van der Waals surface area contributed by atoms with E-state index in [2.05, 4.69) is 27.0 Å². The maximum Gasteiger partial charge on any atom is 0.338 e. The van der Waals surface area contributed by atoms with E-state index in [4.69, 9.17) is 9.47 Å². The monoisotopic (exact) mass is 364 g/mol. The van der Waals surface area contributed by atoms with E-state index in [9.17, 15) is 9.59 Å². The summed E-state index contributed by atoms with van der Waals surface area (Å²) in [4.78, 5) is 22.8. The van der Waals surface area contributed by atoms with E-state index in [1.165, 1.54) is 0 Å². The molecule has 0 amide bonds. The summed E-state index contributed by atoms with van der Waals surface area (Å²) >= 11 is 0. The maximum absolute atomic E-state index is 11.6. The van der Waals surface area contributed by atoms with Crippen molar-refractivity contribution in [3.05, 3.63) is 90.0 Å². The fourth-order valence-corrected chi connectivity index (χ4v) is 2.53. The number of carbonyl (C=O) groups is 2. The maximum atomic E-state index is 11.6. The van der Waals surface area contributed by atoms with Gasteiger partial charge in [0, 0.05) is 17.1 Å². The van der Waals surface area contributed by atoms with Gasteiger partial charge in [0.15, 0.2) is 0 Å². The van der Waals surface area contributed by atoms with Gasteiger partial charge in [0.25, 0.3) is 0 Å². The van der Waals surface area contributed by atoms with Gasteiger partial charge in [0.1, 0.15) is 12.4 Å². The molecule has 0 aliphatic carbocycles. The molecule has 0 N–H and O–H groups in total. The van der Waals surface area contributed by atoms with Gasteiger partial charge in [-0.15, -0.1) is 0 Å². The lowest BCUT2D eigenvalue weighted by Gasteiger charge is -2.26. The number of esters is 2. The van der Waals surface area contributed by atoms with Crippen molar-refractivity contribution in [1.29, 1.82) is 0 Å². The first-order chi connectivity index (χ1) is 12.7. The molecule has 0 radical (unpaired) electrons. The van der Waals surface area contributed by atoms with Crippen molar-refractivity contribution in [2.24, 2.45) is 0 Å². The molecular weight excluding hydrogens is 340 g/mol. The smallest absolute Gasteiger partial charge is 0.338 e. The highest BCUT2D eigenvalue weighted by Crippen LogP contribution is 2.32. The Morgan fingerprint density at radius 1 is 1.00 bits per heavy atom. The summed E-state index contributed by atoms with van der Waals surface area (Å²) in [6.07, 6.45) is 1.15. The van der Waals surface area contributed by atoms with Crippen molar-refractivity contribution >= 4 is 11.9 Å². The Morgan fingerprint density at radius 3 is 2.00 bits per heavy atom. The van der Waals surface area contributed by atoms with Crippen molar-refractivity contribution in [2.45, 2.75) is 32.8 Å². The molecule has 0 aliphatic rings. The van der Waals surface area contributed by atoms with E-state index in [1.54, 1.807) is 19.1 Å². The Labute approximate surface area is 160 Å². The summed E-state index contributed by atoms with van der Waals surface area (Å²) in [7, 11) is 0. The second-order valence-electron chi connectivity index (χ2n) is 6.83. The Balaban J connectivity index is 2.12. The van der Waals surface area contributed by atoms with Gasteiger partial charge in [-0.25, -0.2) is 9.59 Å². The summed E-state index contributed by atoms with van der Waals surface area (Å²) < 4.78 is 10.3. The molecule has 140 valence electrons. The number of ether oxygens (including phenoxy) is 2. The van der Waals surface area contributed by atoms with Gasteiger partial charge in [-0.1, -0.05) is 63.4 Å². The lowest BCUT2D eigenvalue weighted by molar-refractivity contribution is -0.139. The first-order valence-electron chi connectivity index (χ1n) is 8.61. The van der Waals surface area contributed by atoms with Crippen molar-refractivity contribution in [3.63, 3.8) is 0 Å². The van der Waals surface area contributed by atoms with Gasteiger partial charge in [-0.05, 0) is 35.7 Å². The van der Waals surface area contributed by atoms with Crippen LogP contribution in [-0.2, 0) is 26.3 Å². The van der Waals surface area contributed by atoms with Crippen molar-refractivity contribution in [3.8, 4) is 5.75 Å². The van der Waals surface area contributed by atoms with Gasteiger partial charge in [0.05, 0.1) is 0 Å². The molecule has 0 unspecified atom stereocenters. The third-order valence-electron chi connectivity index (χ3n) is 4.36. The molecular formula is C23H24O4. The van der Waals surface area contributed by atoms with Crippen molar-refractivity contribution < 1.29 is 19.1 Å². The van der Waals surface area contributed by atoms with Crippen LogP contribution in [0, 0.1) is 0 Å². The molecule has 27 heavy (non-hydrogen) atoms. The molecule has 0 atom stereocenters. The predicted molar refractivity (Wildman–Crippen MR) is 105 cm³/mol. The zero-order chi connectivity index (χ0) is 20.0. The highest BCUT2D eigenvalue weighted by molar-refractivity contribution is 5.88. The van der Waals surface area contributed by atoms with Crippen LogP contribution in [-0.4, -0.2) is 11.9 Å². The van der Waals surface area contributed by atoms with Crippen LogP contribution in [0.4, 0.5) is 0 Å². The molecule has 4 nitrogen and oxygen atoms in total. The van der Waals surface area contributed by atoms with Gasteiger partial charge >= 0.3 is 11.9 Å². The topological polar surface area (TPSA) is 52.6 Å². The summed E-state index contributed by atoms with van der Waals surface area (Å²) in [5.74, 6) is -0.386. The van der Waals surface area contributed by atoms with E-state index in [0.717, 1.165) is 22.8 Å². The number of hydrogen-bond acceptors (Lipinski definition) is 4. The van der Waals surface area contributed by atoms with Crippen LogP contribution in [0.3, 0.4) is 0 Å². The van der Waals surface area contributed by atoms with Crippen LogP contribution >= 0.6 is 0 Å². The third kappa shape index (κ3) is 5.17. The van der Waals surface area contributed by atoms with Gasteiger partial charge < -0.3 is 9.47 Å². The van der Waals surface area contributed by atoms with Crippen LogP contribution in [0.2, 0.25) is 0 Å². The fraction of sp³-hybridized carbons (Fsp3) is 0.217. The molecule has 2 aromatic carbocycles. The first-order valence-corrected chi connectivity index (χ1v) is 8.61. The lowest BCUT2D eigenvalue weighted by atomic mass is 9.78. The Morgan fingerprint density at radius 2 is 1.52 bits per heavy atom. The second-order valence-corrected chi connectivity index (χ2v) is 6.83. The zero-order valence-corrected chi connectivity index (χ0v) is 16.0. The molecule has 0 bridgehead atoms.